The van der Waals surface area contributed by atoms with E-state index in [-0.39, 0.29) is 19.6 Å². The summed E-state index contributed by atoms with van der Waals surface area (Å²) >= 11 is 0. The predicted molar refractivity (Wildman–Crippen MR) is 125 cm³/mol. The molecule has 0 aromatic heterocycles. The Hall–Kier alpha value is -0.410. The van der Waals surface area contributed by atoms with Gasteiger partial charge >= 0.3 is 0 Å². The van der Waals surface area contributed by atoms with Crippen molar-refractivity contribution in [3.05, 3.63) is 0 Å². The van der Waals surface area contributed by atoms with Crippen LogP contribution in [0.3, 0.4) is 0 Å². The zero-order valence-corrected chi connectivity index (χ0v) is 20.6. The largest absolute Gasteiger partial charge is 0.315 e. The molecule has 0 bridgehead atoms. The fourth-order valence-corrected chi connectivity index (χ4v) is 4.76. The summed E-state index contributed by atoms with van der Waals surface area (Å²) in [4.78, 5) is 7.89. The van der Waals surface area contributed by atoms with Crippen LogP contribution in [-0.4, -0.2) is 83.0 Å². The van der Waals surface area contributed by atoms with Crippen LogP contribution in [0.15, 0.2) is 0 Å². The van der Waals surface area contributed by atoms with E-state index in [1.807, 2.05) is 0 Å². The predicted octanol–water partition coefficient (Wildman–Crippen LogP) is 1.48. The lowest BCUT2D eigenvalue weighted by Gasteiger charge is -2.23. The summed E-state index contributed by atoms with van der Waals surface area (Å²) in [5.74, 6) is 0. The van der Waals surface area contributed by atoms with Gasteiger partial charge in [0.2, 0.25) is 0 Å². The Bertz CT molecular complexity index is 500. The fraction of sp³-hybridized carbons (Fsp3) is 1.00. The van der Waals surface area contributed by atoms with Gasteiger partial charge in [0.1, 0.15) is 13.5 Å². The Kier molecular flexibility index (Phi) is 22.1. The minimum absolute atomic E-state index is 0.0601. The number of hydrogen-bond acceptors (Lipinski definition) is 11. The maximum Gasteiger partial charge on any atom is 0.270 e. The van der Waals surface area contributed by atoms with E-state index in [4.69, 9.17) is 14.7 Å². The van der Waals surface area contributed by atoms with Gasteiger partial charge in [0.05, 0.1) is 11.4 Å². The second-order valence-corrected chi connectivity index (χ2v) is 9.59. The molecule has 0 fully saturated rings. The van der Waals surface area contributed by atoms with Gasteiger partial charge in [0.15, 0.2) is 0 Å². The first-order chi connectivity index (χ1) is 15.5. The smallest absolute Gasteiger partial charge is 0.270 e. The molecule has 0 amide bonds. The minimum Gasteiger partial charge on any atom is -0.315 e. The molecule has 0 aromatic carbocycles. The molecular formula is C20H46N4O7S. The standard InChI is InChI=1S/C20H46N4O7S/c1-3-5-7-19(9-11-21-13-15-23-17-29-25)31-32(27,28)20(8-6-4-2)10-12-22-14-16-24-18-30-26/h19-26H,3-18H2,1-2H3. The molecule has 2 unspecified atom stereocenters. The molecule has 11 nitrogen and oxygen atoms in total. The first-order valence-electron chi connectivity index (χ1n) is 11.8. The summed E-state index contributed by atoms with van der Waals surface area (Å²) in [6, 6.07) is 0. The molecule has 0 aromatic rings. The van der Waals surface area contributed by atoms with Crippen molar-refractivity contribution in [1.82, 2.24) is 21.3 Å². The topological polar surface area (TPSA) is 150 Å². The highest BCUT2D eigenvalue weighted by molar-refractivity contribution is 7.87. The third-order valence-corrected chi connectivity index (χ3v) is 6.84. The van der Waals surface area contributed by atoms with Gasteiger partial charge in [-0.3, -0.25) is 25.3 Å². The molecule has 0 rings (SSSR count). The lowest BCUT2D eigenvalue weighted by Crippen LogP contribution is -2.35. The average Bonchev–Trinajstić information content (AvgIpc) is 2.77. The van der Waals surface area contributed by atoms with Crippen molar-refractivity contribution in [3.8, 4) is 0 Å². The molecule has 0 radical (unpaired) electrons. The molecule has 0 heterocycles. The number of hydrogen-bond donors (Lipinski definition) is 6. The van der Waals surface area contributed by atoms with Crippen LogP contribution < -0.4 is 21.3 Å². The normalized spacial score (nSPS) is 14.0. The van der Waals surface area contributed by atoms with Crippen molar-refractivity contribution in [3.63, 3.8) is 0 Å². The van der Waals surface area contributed by atoms with Crippen molar-refractivity contribution >= 4 is 10.1 Å². The maximum absolute atomic E-state index is 13.0. The van der Waals surface area contributed by atoms with Crippen LogP contribution in [-0.2, 0) is 24.1 Å². The highest BCUT2D eigenvalue weighted by Gasteiger charge is 2.28. The van der Waals surface area contributed by atoms with Gasteiger partial charge in [-0.1, -0.05) is 39.5 Å². The fourth-order valence-electron chi connectivity index (χ4n) is 3.17. The molecule has 0 spiro atoms. The van der Waals surface area contributed by atoms with Gasteiger partial charge in [0, 0.05) is 26.2 Å². The van der Waals surface area contributed by atoms with Crippen LogP contribution in [0, 0.1) is 0 Å². The van der Waals surface area contributed by atoms with E-state index in [2.05, 4.69) is 44.9 Å². The molecule has 0 aliphatic heterocycles. The Labute approximate surface area is 193 Å². The molecule has 2 atom stereocenters. The molecular weight excluding hydrogens is 440 g/mol. The van der Waals surface area contributed by atoms with E-state index in [0.29, 0.717) is 65.0 Å². The summed E-state index contributed by atoms with van der Waals surface area (Å²) in [5, 5.41) is 28.2. The van der Waals surface area contributed by atoms with E-state index >= 15 is 0 Å². The van der Waals surface area contributed by atoms with E-state index in [1.165, 1.54) is 0 Å². The average molecular weight is 487 g/mol. The molecule has 0 saturated carbocycles. The molecule has 6 N–H and O–H groups in total. The minimum atomic E-state index is -3.67. The number of rotatable bonds is 25. The molecule has 194 valence electrons. The summed E-state index contributed by atoms with van der Waals surface area (Å²) in [7, 11) is -3.67. The van der Waals surface area contributed by atoms with Crippen LogP contribution in [0.25, 0.3) is 0 Å². The zero-order chi connectivity index (χ0) is 23.9. The van der Waals surface area contributed by atoms with Gasteiger partial charge in [0.25, 0.3) is 10.1 Å². The Morgan fingerprint density at radius 2 is 1.19 bits per heavy atom. The van der Waals surface area contributed by atoms with Gasteiger partial charge in [-0.2, -0.15) is 8.42 Å². The molecule has 0 aliphatic carbocycles. The van der Waals surface area contributed by atoms with Crippen LogP contribution >= 0.6 is 0 Å². The van der Waals surface area contributed by atoms with Crippen molar-refractivity contribution in [2.75, 3.05) is 52.7 Å². The first-order valence-corrected chi connectivity index (χ1v) is 13.3. The summed E-state index contributed by atoms with van der Waals surface area (Å²) in [6.45, 7) is 8.06. The van der Waals surface area contributed by atoms with Crippen molar-refractivity contribution in [2.24, 2.45) is 0 Å². The van der Waals surface area contributed by atoms with Crippen molar-refractivity contribution in [1.29, 1.82) is 0 Å². The first kappa shape index (κ1) is 31.6. The Morgan fingerprint density at radius 3 is 1.72 bits per heavy atom. The summed E-state index contributed by atoms with van der Waals surface area (Å²) in [6.07, 6.45) is 5.76. The zero-order valence-electron chi connectivity index (χ0n) is 19.8. The van der Waals surface area contributed by atoms with Gasteiger partial charge in [-0.05, 0) is 38.8 Å². The van der Waals surface area contributed by atoms with Gasteiger partial charge in [-0.25, -0.2) is 9.78 Å². The maximum atomic E-state index is 13.0. The second kappa shape index (κ2) is 22.4. The van der Waals surface area contributed by atoms with E-state index in [1.54, 1.807) is 0 Å². The third-order valence-electron chi connectivity index (χ3n) is 5.01. The highest BCUT2D eigenvalue weighted by Crippen LogP contribution is 2.20. The lowest BCUT2D eigenvalue weighted by atomic mass is 10.1. The quantitative estimate of drug-likeness (QED) is 0.0366. The summed E-state index contributed by atoms with van der Waals surface area (Å²) in [5.41, 5.74) is 0. The van der Waals surface area contributed by atoms with Crippen LogP contribution in [0.2, 0.25) is 0 Å². The third kappa shape index (κ3) is 18.1. The molecule has 0 aliphatic rings. The second-order valence-electron chi connectivity index (χ2n) is 7.74. The van der Waals surface area contributed by atoms with E-state index in [0.717, 1.165) is 25.7 Å². The van der Waals surface area contributed by atoms with Gasteiger partial charge < -0.3 is 10.6 Å². The SMILES string of the molecule is CCCCC(CCNCCNCOO)OS(=O)(=O)C(CCCC)CCNCCNCOO. The molecule has 0 saturated heterocycles. The molecule has 32 heavy (non-hydrogen) atoms. The Morgan fingerprint density at radius 1 is 0.688 bits per heavy atom. The monoisotopic (exact) mass is 486 g/mol. The highest BCUT2D eigenvalue weighted by atomic mass is 32.2. The Balaban J connectivity index is 4.60. The van der Waals surface area contributed by atoms with Crippen LogP contribution in [0.1, 0.15) is 65.2 Å². The number of nitrogens with one attached hydrogen (secondary N) is 4. The summed E-state index contributed by atoms with van der Waals surface area (Å²) < 4.78 is 31.8. The van der Waals surface area contributed by atoms with Crippen LogP contribution in [0.5, 0.6) is 0 Å². The van der Waals surface area contributed by atoms with E-state index in [9.17, 15) is 8.42 Å². The molecule has 12 heteroatoms. The van der Waals surface area contributed by atoms with Crippen molar-refractivity contribution in [2.45, 2.75) is 76.6 Å². The van der Waals surface area contributed by atoms with Gasteiger partial charge in [-0.15, -0.1) is 0 Å². The van der Waals surface area contributed by atoms with Crippen molar-refractivity contribution < 1.29 is 32.9 Å². The lowest BCUT2D eigenvalue weighted by molar-refractivity contribution is -0.247. The van der Waals surface area contributed by atoms with Crippen LogP contribution in [0.4, 0.5) is 0 Å². The number of unbranched alkanes of at least 4 members (excludes halogenated alkanes) is 2. The van der Waals surface area contributed by atoms with E-state index < -0.39 is 15.4 Å².